The molecule has 0 bridgehead atoms. The summed E-state index contributed by atoms with van der Waals surface area (Å²) in [5, 5.41) is 6.69. The zero-order valence-electron chi connectivity index (χ0n) is 14.5. The summed E-state index contributed by atoms with van der Waals surface area (Å²) in [5.41, 5.74) is -0.431. The van der Waals surface area contributed by atoms with Crippen LogP contribution in [-0.2, 0) is 4.74 Å². The van der Waals surface area contributed by atoms with Crippen molar-refractivity contribution in [2.24, 2.45) is 5.92 Å². The van der Waals surface area contributed by atoms with Crippen LogP contribution in [-0.4, -0.2) is 30.3 Å². The van der Waals surface area contributed by atoms with Gasteiger partial charge in [-0.1, -0.05) is 26.7 Å². The molecule has 1 saturated carbocycles. The van der Waals surface area contributed by atoms with E-state index in [1.54, 1.807) is 0 Å². The number of hydrogen-bond acceptors (Lipinski definition) is 3. The van der Waals surface area contributed by atoms with E-state index in [0.29, 0.717) is 18.6 Å². The number of hydrogen-bond donors (Lipinski definition) is 2. The predicted molar refractivity (Wildman–Crippen MR) is 87.5 cm³/mol. The molecule has 0 aromatic rings. The second-order valence-electron chi connectivity index (χ2n) is 7.27. The van der Waals surface area contributed by atoms with Crippen LogP contribution in [0.25, 0.3) is 0 Å². The van der Waals surface area contributed by atoms with E-state index in [1.807, 2.05) is 20.8 Å². The van der Waals surface area contributed by atoms with Gasteiger partial charge < -0.3 is 15.4 Å². The number of nitrogens with one attached hydrogen (secondary N) is 2. The highest BCUT2D eigenvalue weighted by atomic mass is 16.6. The summed E-state index contributed by atoms with van der Waals surface area (Å²) in [5.74, 6) is 0.719. The Labute approximate surface area is 130 Å². The maximum atomic E-state index is 11.8. The fourth-order valence-corrected chi connectivity index (χ4v) is 2.68. The molecule has 0 saturated heterocycles. The van der Waals surface area contributed by atoms with Crippen molar-refractivity contribution in [2.45, 2.75) is 90.8 Å². The Hall–Kier alpha value is -0.770. The van der Waals surface area contributed by atoms with Crippen LogP contribution >= 0.6 is 0 Å². The van der Waals surface area contributed by atoms with Gasteiger partial charge >= 0.3 is 6.09 Å². The Morgan fingerprint density at radius 2 is 1.76 bits per heavy atom. The molecule has 4 nitrogen and oxygen atoms in total. The first kappa shape index (κ1) is 18.3. The molecule has 1 aliphatic carbocycles. The monoisotopic (exact) mass is 298 g/mol. The summed E-state index contributed by atoms with van der Waals surface area (Å²) in [4.78, 5) is 11.8. The molecule has 124 valence electrons. The van der Waals surface area contributed by atoms with E-state index in [4.69, 9.17) is 4.74 Å². The van der Waals surface area contributed by atoms with E-state index in [0.717, 1.165) is 5.92 Å². The third kappa shape index (κ3) is 8.30. The van der Waals surface area contributed by atoms with E-state index in [2.05, 4.69) is 24.5 Å². The molecule has 0 heterocycles. The van der Waals surface area contributed by atoms with Crippen molar-refractivity contribution in [1.82, 2.24) is 10.6 Å². The topological polar surface area (TPSA) is 50.4 Å². The van der Waals surface area contributed by atoms with Gasteiger partial charge in [-0.15, -0.1) is 0 Å². The number of alkyl carbamates (subject to hydrolysis) is 1. The first-order valence-corrected chi connectivity index (χ1v) is 8.58. The Kier molecular flexibility index (Phi) is 7.50. The van der Waals surface area contributed by atoms with Gasteiger partial charge in [0.15, 0.2) is 0 Å². The van der Waals surface area contributed by atoms with Crippen LogP contribution in [0.15, 0.2) is 0 Å². The summed E-state index contributed by atoms with van der Waals surface area (Å²) < 4.78 is 5.31. The van der Waals surface area contributed by atoms with Crippen LogP contribution in [0, 0.1) is 5.92 Å². The average molecular weight is 298 g/mol. The van der Waals surface area contributed by atoms with Gasteiger partial charge in [0.25, 0.3) is 0 Å². The third-order valence-corrected chi connectivity index (χ3v) is 3.78. The number of ether oxygens (including phenoxy) is 1. The molecular formula is C17H34N2O2. The second-order valence-corrected chi connectivity index (χ2v) is 7.27. The highest BCUT2D eigenvalue weighted by Gasteiger charge is 2.32. The molecule has 0 spiro atoms. The molecule has 4 heteroatoms. The lowest BCUT2D eigenvalue weighted by atomic mass is 10.0. The Morgan fingerprint density at radius 3 is 2.19 bits per heavy atom. The summed E-state index contributed by atoms with van der Waals surface area (Å²) in [6.45, 7) is 10.8. The standard InChI is InChI=1S/C17H34N2O2/c1-6-8-14(9-7-2)19-15(13-10-11-13)12-18-16(20)21-17(3,4)5/h13-15,19H,6-12H2,1-5H3,(H,18,20). The second kappa shape index (κ2) is 8.62. The lowest BCUT2D eigenvalue weighted by molar-refractivity contribution is 0.0519. The van der Waals surface area contributed by atoms with Gasteiger partial charge in [0.2, 0.25) is 0 Å². The first-order valence-electron chi connectivity index (χ1n) is 8.58. The van der Waals surface area contributed by atoms with Crippen molar-refractivity contribution >= 4 is 6.09 Å². The van der Waals surface area contributed by atoms with Crippen molar-refractivity contribution in [1.29, 1.82) is 0 Å². The van der Waals surface area contributed by atoms with Crippen LogP contribution in [0.3, 0.4) is 0 Å². The molecule has 1 unspecified atom stereocenters. The van der Waals surface area contributed by atoms with Gasteiger partial charge in [-0.3, -0.25) is 0 Å². The summed E-state index contributed by atoms with van der Waals surface area (Å²) >= 11 is 0. The van der Waals surface area contributed by atoms with Gasteiger partial charge in [-0.05, 0) is 52.4 Å². The van der Waals surface area contributed by atoms with Gasteiger partial charge in [-0.2, -0.15) is 0 Å². The first-order chi connectivity index (χ1) is 9.85. The minimum Gasteiger partial charge on any atom is -0.444 e. The molecule has 1 aliphatic rings. The van der Waals surface area contributed by atoms with Gasteiger partial charge in [0, 0.05) is 18.6 Å². The number of rotatable bonds is 9. The van der Waals surface area contributed by atoms with Crippen LogP contribution < -0.4 is 10.6 Å². The van der Waals surface area contributed by atoms with Crippen LogP contribution in [0.1, 0.15) is 73.1 Å². The van der Waals surface area contributed by atoms with E-state index in [1.165, 1.54) is 38.5 Å². The smallest absolute Gasteiger partial charge is 0.407 e. The molecule has 1 rings (SSSR count). The van der Waals surface area contributed by atoms with E-state index in [9.17, 15) is 4.79 Å². The maximum Gasteiger partial charge on any atom is 0.407 e. The fraction of sp³-hybridized carbons (Fsp3) is 0.941. The van der Waals surface area contributed by atoms with Crippen molar-refractivity contribution in [2.75, 3.05) is 6.54 Å². The summed E-state index contributed by atoms with van der Waals surface area (Å²) in [6, 6.07) is 0.964. The Balaban J connectivity index is 2.40. The zero-order valence-corrected chi connectivity index (χ0v) is 14.5. The van der Waals surface area contributed by atoms with Gasteiger partial charge in [0.05, 0.1) is 0 Å². The van der Waals surface area contributed by atoms with E-state index in [-0.39, 0.29) is 6.09 Å². The van der Waals surface area contributed by atoms with Crippen LogP contribution in [0.2, 0.25) is 0 Å². The highest BCUT2D eigenvalue weighted by Crippen LogP contribution is 2.33. The molecular weight excluding hydrogens is 264 g/mol. The lowest BCUT2D eigenvalue weighted by Crippen LogP contribution is -2.47. The quantitative estimate of drug-likeness (QED) is 0.680. The van der Waals surface area contributed by atoms with Crippen molar-refractivity contribution in [3.8, 4) is 0 Å². The zero-order chi connectivity index (χ0) is 15.9. The SMILES string of the molecule is CCCC(CCC)NC(CNC(=O)OC(C)(C)C)C1CC1. The van der Waals surface area contributed by atoms with Crippen molar-refractivity contribution < 1.29 is 9.53 Å². The lowest BCUT2D eigenvalue weighted by Gasteiger charge is -2.27. The van der Waals surface area contributed by atoms with Gasteiger partial charge in [0.1, 0.15) is 5.60 Å². The minimum absolute atomic E-state index is 0.308. The molecule has 1 amide bonds. The maximum absolute atomic E-state index is 11.8. The van der Waals surface area contributed by atoms with Crippen molar-refractivity contribution in [3.63, 3.8) is 0 Å². The van der Waals surface area contributed by atoms with Crippen molar-refractivity contribution in [3.05, 3.63) is 0 Å². The van der Waals surface area contributed by atoms with Gasteiger partial charge in [-0.25, -0.2) is 4.79 Å². The van der Waals surface area contributed by atoms with E-state index >= 15 is 0 Å². The Bertz CT molecular complexity index is 302. The predicted octanol–water partition coefficient (Wildman–Crippen LogP) is 3.85. The molecule has 1 atom stereocenters. The minimum atomic E-state index is -0.431. The highest BCUT2D eigenvalue weighted by molar-refractivity contribution is 5.67. The molecule has 2 N–H and O–H groups in total. The fourth-order valence-electron chi connectivity index (χ4n) is 2.68. The summed E-state index contributed by atoms with van der Waals surface area (Å²) in [7, 11) is 0. The molecule has 21 heavy (non-hydrogen) atoms. The normalized spacial score (nSPS) is 16.9. The molecule has 1 fully saturated rings. The largest absolute Gasteiger partial charge is 0.444 e. The molecule has 0 aromatic carbocycles. The number of carbonyl (C=O) groups excluding carboxylic acids is 1. The summed E-state index contributed by atoms with van der Waals surface area (Å²) in [6.07, 6.45) is 7.07. The van der Waals surface area contributed by atoms with Crippen LogP contribution in [0.5, 0.6) is 0 Å². The Morgan fingerprint density at radius 1 is 1.19 bits per heavy atom. The number of carbonyl (C=O) groups is 1. The molecule has 0 radical (unpaired) electrons. The molecule has 0 aromatic heterocycles. The van der Waals surface area contributed by atoms with Crippen LogP contribution in [0.4, 0.5) is 4.79 Å². The molecule has 0 aliphatic heterocycles. The number of amides is 1. The third-order valence-electron chi connectivity index (χ3n) is 3.78. The van der Waals surface area contributed by atoms with E-state index < -0.39 is 5.60 Å². The average Bonchev–Trinajstić information content (AvgIpc) is 3.16.